The Balaban J connectivity index is 4.65. The average molecular weight is 272 g/mol. The topological polar surface area (TPSA) is 97.7 Å². The Bertz CT molecular complexity index is 406. The van der Waals surface area contributed by atoms with E-state index in [-0.39, 0.29) is 0 Å². The van der Waals surface area contributed by atoms with Crippen LogP contribution < -0.4 is 0 Å². The molecule has 0 bridgehead atoms. The molecule has 6 nitrogen and oxygen atoms in total. The van der Waals surface area contributed by atoms with Gasteiger partial charge in [-0.05, 0) is 6.92 Å². The Morgan fingerprint density at radius 3 is 1.93 bits per heavy atom. The van der Waals surface area contributed by atoms with Crippen molar-refractivity contribution >= 4 is 20.2 Å². The lowest BCUT2D eigenvalue weighted by Gasteiger charge is -2.12. The van der Waals surface area contributed by atoms with Crippen molar-refractivity contribution in [1.29, 1.82) is 0 Å². The van der Waals surface area contributed by atoms with E-state index in [0.29, 0.717) is 0 Å². The third-order valence-electron chi connectivity index (χ3n) is 1.02. The SMILES string of the molecule is C[C@@H](CS(=O)(=O)O)OS(=O)(=O)C(F)(F)F. The number of alkyl halides is 3. The molecule has 0 saturated carbocycles. The summed E-state index contributed by atoms with van der Waals surface area (Å²) >= 11 is 0. The van der Waals surface area contributed by atoms with Gasteiger partial charge in [-0.15, -0.1) is 0 Å². The molecule has 0 aromatic heterocycles. The molecule has 0 radical (unpaired) electrons. The molecule has 0 aliphatic heterocycles. The molecule has 0 aromatic carbocycles. The lowest BCUT2D eigenvalue weighted by Crippen LogP contribution is -2.32. The smallest absolute Gasteiger partial charge is 0.285 e. The van der Waals surface area contributed by atoms with E-state index in [1.54, 1.807) is 0 Å². The second-order valence-corrected chi connectivity index (χ2v) is 5.62. The van der Waals surface area contributed by atoms with Crippen molar-refractivity contribution < 1.29 is 38.7 Å². The number of hydrogen-bond acceptors (Lipinski definition) is 5. The zero-order valence-electron chi connectivity index (χ0n) is 7.22. The Labute approximate surface area is 83.9 Å². The summed E-state index contributed by atoms with van der Waals surface area (Å²) in [7, 11) is -10.4. The highest BCUT2D eigenvalue weighted by molar-refractivity contribution is 7.87. The van der Waals surface area contributed by atoms with Gasteiger partial charge in [0.2, 0.25) is 0 Å². The molecular weight excluding hydrogens is 265 g/mol. The molecule has 0 saturated heterocycles. The summed E-state index contributed by atoms with van der Waals surface area (Å²) in [6.07, 6.45) is -1.83. The third-order valence-corrected chi connectivity index (χ3v) is 3.06. The van der Waals surface area contributed by atoms with E-state index in [4.69, 9.17) is 4.55 Å². The van der Waals surface area contributed by atoms with Crippen LogP contribution >= 0.6 is 0 Å². The van der Waals surface area contributed by atoms with Gasteiger partial charge < -0.3 is 0 Å². The highest BCUT2D eigenvalue weighted by Crippen LogP contribution is 2.25. The normalized spacial score (nSPS) is 16.3. The van der Waals surface area contributed by atoms with Crippen molar-refractivity contribution in [1.82, 2.24) is 0 Å². The fourth-order valence-corrected chi connectivity index (χ4v) is 1.95. The van der Waals surface area contributed by atoms with Crippen LogP contribution in [0.2, 0.25) is 0 Å². The van der Waals surface area contributed by atoms with E-state index >= 15 is 0 Å². The van der Waals surface area contributed by atoms with E-state index in [2.05, 4.69) is 4.18 Å². The minimum absolute atomic E-state index is 0.761. The molecule has 0 aliphatic carbocycles. The van der Waals surface area contributed by atoms with Crippen molar-refractivity contribution in [3.8, 4) is 0 Å². The molecule has 1 N–H and O–H groups in total. The number of halogens is 3. The zero-order chi connectivity index (χ0) is 12.5. The molecule has 0 aromatic rings. The van der Waals surface area contributed by atoms with E-state index < -0.39 is 37.6 Å². The molecule has 92 valence electrons. The highest BCUT2D eigenvalue weighted by Gasteiger charge is 2.48. The van der Waals surface area contributed by atoms with Gasteiger partial charge in [0.1, 0.15) is 5.75 Å². The lowest BCUT2D eigenvalue weighted by atomic mass is 10.5. The molecule has 0 fully saturated rings. The lowest BCUT2D eigenvalue weighted by molar-refractivity contribution is -0.0562. The second kappa shape index (κ2) is 4.23. The minimum Gasteiger partial charge on any atom is -0.285 e. The molecule has 0 spiro atoms. The highest BCUT2D eigenvalue weighted by atomic mass is 32.2. The predicted octanol–water partition coefficient (Wildman–Crippen LogP) is 0.129. The third kappa shape index (κ3) is 5.30. The Kier molecular flexibility index (Phi) is 4.12. The number of hydrogen-bond donors (Lipinski definition) is 1. The maximum Gasteiger partial charge on any atom is 0.523 e. The van der Waals surface area contributed by atoms with Gasteiger partial charge in [0, 0.05) is 0 Å². The van der Waals surface area contributed by atoms with Crippen LogP contribution in [0.4, 0.5) is 13.2 Å². The monoisotopic (exact) mass is 272 g/mol. The molecule has 15 heavy (non-hydrogen) atoms. The molecule has 0 rings (SSSR count). The van der Waals surface area contributed by atoms with Crippen LogP contribution in [0, 0.1) is 0 Å². The molecular formula is C4H7F3O6S2. The van der Waals surface area contributed by atoms with Crippen molar-refractivity contribution in [3.63, 3.8) is 0 Å². The first kappa shape index (κ1) is 14.6. The van der Waals surface area contributed by atoms with Gasteiger partial charge >= 0.3 is 15.6 Å². The summed E-state index contributed by atoms with van der Waals surface area (Å²) in [4.78, 5) is 0. The quantitative estimate of drug-likeness (QED) is 0.444. The predicted molar refractivity (Wildman–Crippen MR) is 41.9 cm³/mol. The van der Waals surface area contributed by atoms with Crippen LogP contribution in [0.3, 0.4) is 0 Å². The standard InChI is InChI=1S/C4H7F3O6S2/c1-3(2-14(8,9)10)13-15(11,12)4(5,6)7/h3H,2H2,1H3,(H,8,9,10)/t3-/m0/s1. The maximum atomic E-state index is 11.7. The van der Waals surface area contributed by atoms with E-state index in [1.165, 1.54) is 0 Å². The summed E-state index contributed by atoms with van der Waals surface area (Å²) in [5, 5.41) is 0. The Morgan fingerprint density at radius 2 is 1.67 bits per heavy atom. The fraction of sp³-hybridized carbons (Fsp3) is 1.00. The largest absolute Gasteiger partial charge is 0.523 e. The van der Waals surface area contributed by atoms with Gasteiger partial charge in [-0.2, -0.15) is 30.0 Å². The fourth-order valence-electron chi connectivity index (χ4n) is 0.595. The van der Waals surface area contributed by atoms with Crippen LogP contribution in [0.15, 0.2) is 0 Å². The molecule has 0 unspecified atom stereocenters. The first-order chi connectivity index (χ1) is 6.35. The molecule has 0 heterocycles. The maximum absolute atomic E-state index is 11.7. The summed E-state index contributed by atoms with van der Waals surface area (Å²) in [6.45, 7) is 0.761. The summed E-state index contributed by atoms with van der Waals surface area (Å²) in [5.41, 5.74) is -5.62. The van der Waals surface area contributed by atoms with E-state index in [9.17, 15) is 30.0 Å². The molecule has 1 atom stereocenters. The average Bonchev–Trinajstić information content (AvgIpc) is 1.75. The van der Waals surface area contributed by atoms with Gasteiger partial charge in [-0.25, -0.2) is 0 Å². The van der Waals surface area contributed by atoms with Crippen molar-refractivity contribution in [3.05, 3.63) is 0 Å². The second-order valence-electron chi connectivity index (χ2n) is 2.56. The molecule has 11 heteroatoms. The van der Waals surface area contributed by atoms with E-state index in [0.717, 1.165) is 6.92 Å². The van der Waals surface area contributed by atoms with Crippen LogP contribution in [-0.4, -0.2) is 38.8 Å². The number of rotatable bonds is 4. The van der Waals surface area contributed by atoms with Crippen LogP contribution in [0.25, 0.3) is 0 Å². The zero-order valence-corrected chi connectivity index (χ0v) is 8.86. The van der Waals surface area contributed by atoms with Gasteiger partial charge in [0.15, 0.2) is 0 Å². The first-order valence-corrected chi connectivity index (χ1v) is 6.31. The van der Waals surface area contributed by atoms with Crippen LogP contribution in [0.5, 0.6) is 0 Å². The van der Waals surface area contributed by atoms with Crippen LogP contribution in [-0.2, 0) is 24.4 Å². The van der Waals surface area contributed by atoms with Crippen LogP contribution in [0.1, 0.15) is 6.92 Å². The van der Waals surface area contributed by atoms with Crippen molar-refractivity contribution in [2.75, 3.05) is 5.75 Å². The molecule has 0 aliphatic rings. The summed E-state index contributed by atoms with van der Waals surface area (Å²) < 4.78 is 87.8. The first-order valence-electron chi connectivity index (χ1n) is 3.30. The van der Waals surface area contributed by atoms with E-state index in [1.807, 2.05) is 0 Å². The van der Waals surface area contributed by atoms with Gasteiger partial charge in [-0.1, -0.05) is 0 Å². The summed E-state index contributed by atoms with van der Waals surface area (Å²) in [5.74, 6) is -1.25. The van der Waals surface area contributed by atoms with Gasteiger partial charge in [0.05, 0.1) is 6.10 Å². The Hall–Kier alpha value is -0.390. The summed E-state index contributed by atoms with van der Waals surface area (Å²) in [6, 6.07) is 0. The Morgan fingerprint density at radius 1 is 1.27 bits per heavy atom. The van der Waals surface area contributed by atoms with Crippen molar-refractivity contribution in [2.24, 2.45) is 0 Å². The van der Waals surface area contributed by atoms with Gasteiger partial charge in [-0.3, -0.25) is 8.74 Å². The van der Waals surface area contributed by atoms with Gasteiger partial charge in [0.25, 0.3) is 10.1 Å². The van der Waals surface area contributed by atoms with Crippen molar-refractivity contribution in [2.45, 2.75) is 18.5 Å². The minimum atomic E-state index is -5.84. The molecule has 0 amide bonds.